The van der Waals surface area contributed by atoms with Crippen molar-refractivity contribution in [3.63, 3.8) is 0 Å². The Hall–Kier alpha value is -0.570. The summed E-state index contributed by atoms with van der Waals surface area (Å²) in [6.07, 6.45) is 7.89. The molecule has 2 fully saturated rings. The van der Waals surface area contributed by atoms with Gasteiger partial charge in [-0.05, 0) is 38.1 Å². The van der Waals surface area contributed by atoms with Crippen LogP contribution < -0.4 is 0 Å². The van der Waals surface area contributed by atoms with Crippen LogP contribution in [-0.4, -0.2) is 35.6 Å². The number of carbonyl (C=O) groups is 1. The quantitative estimate of drug-likeness (QED) is 0.757. The van der Waals surface area contributed by atoms with E-state index < -0.39 is 5.97 Å². The minimum atomic E-state index is -0.632. The van der Waals surface area contributed by atoms with Crippen LogP contribution in [0.1, 0.15) is 44.9 Å². The summed E-state index contributed by atoms with van der Waals surface area (Å²) in [5.41, 5.74) is 0.128. The highest BCUT2D eigenvalue weighted by Crippen LogP contribution is 2.49. The summed E-state index contributed by atoms with van der Waals surface area (Å²) >= 11 is 0. The van der Waals surface area contributed by atoms with Crippen LogP contribution in [0.5, 0.6) is 0 Å². The Morgan fingerprint density at radius 3 is 2.47 bits per heavy atom. The Morgan fingerprint density at radius 2 is 2.00 bits per heavy atom. The molecule has 0 aromatic rings. The van der Waals surface area contributed by atoms with Crippen LogP contribution in [0.25, 0.3) is 0 Å². The van der Waals surface area contributed by atoms with Crippen molar-refractivity contribution in [2.24, 2.45) is 5.41 Å². The van der Waals surface area contributed by atoms with E-state index in [4.69, 9.17) is 5.11 Å². The first-order valence-electron chi connectivity index (χ1n) is 6.03. The molecule has 3 nitrogen and oxygen atoms in total. The van der Waals surface area contributed by atoms with Crippen LogP contribution in [0.2, 0.25) is 0 Å². The van der Waals surface area contributed by atoms with E-state index in [0.29, 0.717) is 6.42 Å². The third-order valence-electron chi connectivity index (χ3n) is 4.02. The molecule has 0 unspecified atom stereocenters. The van der Waals surface area contributed by atoms with Crippen molar-refractivity contribution in [1.82, 2.24) is 4.90 Å². The van der Waals surface area contributed by atoms with Crippen molar-refractivity contribution in [2.75, 3.05) is 13.6 Å². The highest BCUT2D eigenvalue weighted by atomic mass is 16.4. The van der Waals surface area contributed by atoms with Crippen LogP contribution in [0.15, 0.2) is 0 Å². The molecule has 0 atom stereocenters. The smallest absolute Gasteiger partial charge is 0.303 e. The molecule has 0 bridgehead atoms. The summed E-state index contributed by atoms with van der Waals surface area (Å²) in [5.74, 6) is -0.632. The van der Waals surface area contributed by atoms with E-state index in [0.717, 1.165) is 25.4 Å². The summed E-state index contributed by atoms with van der Waals surface area (Å²) in [6, 6.07) is 0.719. The molecule has 2 aliphatic rings. The topological polar surface area (TPSA) is 40.5 Å². The molecule has 2 rings (SSSR count). The van der Waals surface area contributed by atoms with Gasteiger partial charge in [0.25, 0.3) is 0 Å². The summed E-state index contributed by atoms with van der Waals surface area (Å²) in [4.78, 5) is 13.1. The molecular weight excluding hydrogens is 190 g/mol. The molecule has 86 valence electrons. The van der Waals surface area contributed by atoms with E-state index in [1.807, 2.05) is 0 Å². The number of aliphatic carboxylic acids is 1. The van der Waals surface area contributed by atoms with Crippen molar-refractivity contribution < 1.29 is 9.90 Å². The average Bonchev–Trinajstić information content (AvgIpc) is 2.68. The lowest BCUT2D eigenvalue weighted by Gasteiger charge is -2.28. The fraction of sp³-hybridized carbons (Fsp3) is 0.917. The van der Waals surface area contributed by atoms with Gasteiger partial charge in [0.2, 0.25) is 0 Å². The van der Waals surface area contributed by atoms with E-state index in [1.54, 1.807) is 0 Å². The second-order valence-corrected chi connectivity index (χ2v) is 5.42. The molecule has 3 heteroatoms. The minimum Gasteiger partial charge on any atom is -0.481 e. The predicted molar refractivity (Wildman–Crippen MR) is 58.8 cm³/mol. The Kier molecular flexibility index (Phi) is 3.01. The van der Waals surface area contributed by atoms with Gasteiger partial charge in [-0.1, -0.05) is 12.8 Å². The largest absolute Gasteiger partial charge is 0.481 e. The highest BCUT2D eigenvalue weighted by molar-refractivity contribution is 5.68. The van der Waals surface area contributed by atoms with E-state index >= 15 is 0 Å². The lowest BCUT2D eigenvalue weighted by Crippen LogP contribution is -2.35. The zero-order chi connectivity index (χ0) is 10.9. The molecule has 1 N–H and O–H groups in total. The maximum absolute atomic E-state index is 10.7. The first-order valence-corrected chi connectivity index (χ1v) is 6.03. The molecule has 0 aliphatic heterocycles. The number of hydrogen-bond acceptors (Lipinski definition) is 2. The Balaban J connectivity index is 1.82. The lowest BCUT2D eigenvalue weighted by atomic mass is 10.0. The first-order chi connectivity index (χ1) is 7.11. The van der Waals surface area contributed by atoms with Gasteiger partial charge in [-0.3, -0.25) is 4.79 Å². The van der Waals surface area contributed by atoms with Crippen LogP contribution in [0.3, 0.4) is 0 Å². The van der Waals surface area contributed by atoms with Crippen LogP contribution in [0, 0.1) is 5.41 Å². The van der Waals surface area contributed by atoms with Gasteiger partial charge >= 0.3 is 5.97 Å². The van der Waals surface area contributed by atoms with Crippen molar-refractivity contribution >= 4 is 5.97 Å². The van der Waals surface area contributed by atoms with Crippen molar-refractivity contribution in [3.05, 3.63) is 0 Å². The molecule has 0 spiro atoms. The minimum absolute atomic E-state index is 0.128. The van der Waals surface area contributed by atoms with Gasteiger partial charge in [0.1, 0.15) is 0 Å². The van der Waals surface area contributed by atoms with Crippen LogP contribution in [0.4, 0.5) is 0 Å². The number of nitrogens with zero attached hydrogens (tertiary/aromatic N) is 1. The average molecular weight is 211 g/mol. The van der Waals surface area contributed by atoms with Gasteiger partial charge in [0.05, 0.1) is 6.42 Å². The van der Waals surface area contributed by atoms with E-state index in [2.05, 4.69) is 11.9 Å². The van der Waals surface area contributed by atoms with E-state index in [9.17, 15) is 4.79 Å². The van der Waals surface area contributed by atoms with Gasteiger partial charge in [0, 0.05) is 12.6 Å². The zero-order valence-electron chi connectivity index (χ0n) is 9.54. The van der Waals surface area contributed by atoms with E-state index in [1.165, 1.54) is 25.7 Å². The highest BCUT2D eigenvalue weighted by Gasteiger charge is 2.45. The standard InChI is InChI=1S/C12H21NO2/c1-13(10-4-2-3-5-10)9-12(6-7-12)8-11(14)15/h10H,2-9H2,1H3,(H,14,15). The molecule has 0 aromatic heterocycles. The van der Waals surface area contributed by atoms with E-state index in [-0.39, 0.29) is 5.41 Å². The van der Waals surface area contributed by atoms with Crippen LogP contribution >= 0.6 is 0 Å². The van der Waals surface area contributed by atoms with Crippen molar-refractivity contribution in [2.45, 2.75) is 51.0 Å². The summed E-state index contributed by atoms with van der Waals surface area (Å²) in [6.45, 7) is 0.990. The van der Waals surface area contributed by atoms with Gasteiger partial charge in [0.15, 0.2) is 0 Å². The van der Waals surface area contributed by atoms with Gasteiger partial charge < -0.3 is 10.0 Å². The van der Waals surface area contributed by atoms with Gasteiger partial charge in [-0.25, -0.2) is 0 Å². The molecule has 15 heavy (non-hydrogen) atoms. The maximum Gasteiger partial charge on any atom is 0.303 e. The monoisotopic (exact) mass is 211 g/mol. The fourth-order valence-corrected chi connectivity index (χ4v) is 2.89. The molecule has 0 saturated heterocycles. The third kappa shape index (κ3) is 2.71. The molecule has 0 heterocycles. The Bertz CT molecular complexity index is 242. The summed E-state index contributed by atoms with van der Waals surface area (Å²) in [7, 11) is 2.16. The Labute approximate surface area is 91.5 Å². The number of hydrogen-bond donors (Lipinski definition) is 1. The summed E-state index contributed by atoms with van der Waals surface area (Å²) in [5, 5.41) is 8.85. The predicted octanol–water partition coefficient (Wildman–Crippen LogP) is 2.12. The molecule has 2 saturated carbocycles. The molecule has 0 aromatic carbocycles. The van der Waals surface area contributed by atoms with Crippen molar-refractivity contribution in [3.8, 4) is 0 Å². The lowest BCUT2D eigenvalue weighted by molar-refractivity contribution is -0.138. The van der Waals surface area contributed by atoms with Crippen molar-refractivity contribution in [1.29, 1.82) is 0 Å². The van der Waals surface area contributed by atoms with Crippen LogP contribution in [-0.2, 0) is 4.79 Å². The molecular formula is C12H21NO2. The number of carboxylic acids is 1. The SMILES string of the molecule is CN(CC1(CC(=O)O)CC1)C1CCCC1. The Morgan fingerprint density at radius 1 is 1.40 bits per heavy atom. The fourth-order valence-electron chi connectivity index (χ4n) is 2.89. The second kappa shape index (κ2) is 4.12. The molecule has 0 radical (unpaired) electrons. The molecule has 0 amide bonds. The number of carboxylic acid groups (broad SMARTS) is 1. The second-order valence-electron chi connectivity index (χ2n) is 5.42. The number of rotatable bonds is 5. The van der Waals surface area contributed by atoms with Gasteiger partial charge in [-0.2, -0.15) is 0 Å². The maximum atomic E-state index is 10.7. The van der Waals surface area contributed by atoms with Gasteiger partial charge in [-0.15, -0.1) is 0 Å². The normalized spacial score (nSPS) is 24.7. The third-order valence-corrected chi connectivity index (χ3v) is 4.02. The summed E-state index contributed by atoms with van der Waals surface area (Å²) < 4.78 is 0. The molecule has 2 aliphatic carbocycles. The first kappa shape index (κ1) is 10.9. The zero-order valence-corrected chi connectivity index (χ0v) is 9.54.